The number of hydrogen-bond donors (Lipinski definition) is 3. The highest BCUT2D eigenvalue weighted by Crippen LogP contribution is 2.33. The molecule has 0 radical (unpaired) electrons. The minimum absolute atomic E-state index is 0.147. The lowest BCUT2D eigenvalue weighted by molar-refractivity contribution is 0.181. The highest BCUT2D eigenvalue weighted by atomic mass is 32.1. The van der Waals surface area contributed by atoms with Gasteiger partial charge in [-0.3, -0.25) is 0 Å². The molecule has 18 heavy (non-hydrogen) atoms. The van der Waals surface area contributed by atoms with Crippen molar-refractivity contribution in [1.82, 2.24) is 4.98 Å². The third kappa shape index (κ3) is 2.45. The molecule has 2 aromatic rings. The van der Waals surface area contributed by atoms with Crippen molar-refractivity contribution < 1.29 is 14.9 Å². The maximum Gasteiger partial charge on any atom is 0.158 e. The first kappa shape index (κ1) is 12.8. The summed E-state index contributed by atoms with van der Waals surface area (Å²) in [5.74, 6) is -0.309. The normalized spacial score (nSPS) is 10.8. The van der Waals surface area contributed by atoms with Gasteiger partial charge in [-0.15, -0.1) is 11.3 Å². The number of nitrogens with two attached hydrogens (primary N) is 1. The Kier molecular flexibility index (Phi) is 3.81. The van der Waals surface area contributed by atoms with Gasteiger partial charge in [0.15, 0.2) is 11.5 Å². The van der Waals surface area contributed by atoms with Crippen LogP contribution in [-0.4, -0.2) is 22.3 Å². The number of benzene rings is 1. The molecular weight excluding hydrogens is 252 g/mol. The predicted octanol–water partition coefficient (Wildman–Crippen LogP) is 1.83. The summed E-state index contributed by atoms with van der Waals surface area (Å²) < 4.78 is 5.06. The van der Waals surface area contributed by atoms with Crippen LogP contribution in [0.1, 0.15) is 10.6 Å². The fourth-order valence-electron chi connectivity index (χ4n) is 1.57. The van der Waals surface area contributed by atoms with Crippen molar-refractivity contribution in [2.45, 2.75) is 13.2 Å². The third-order valence-corrected chi connectivity index (χ3v) is 3.64. The SMILES string of the molecule is COCc1nc(-c2ccc(O)c(O)c2)sc1CN. The number of rotatable bonds is 4. The van der Waals surface area contributed by atoms with E-state index in [9.17, 15) is 10.2 Å². The molecule has 5 nitrogen and oxygen atoms in total. The molecule has 2 rings (SSSR count). The van der Waals surface area contributed by atoms with E-state index >= 15 is 0 Å². The first-order valence-corrected chi connectivity index (χ1v) is 6.17. The number of phenols is 2. The van der Waals surface area contributed by atoms with E-state index in [0.717, 1.165) is 21.1 Å². The van der Waals surface area contributed by atoms with Gasteiger partial charge in [-0.2, -0.15) is 0 Å². The molecular formula is C12H14N2O3S. The lowest BCUT2D eigenvalue weighted by Crippen LogP contribution is -1.99. The Morgan fingerprint density at radius 2 is 2.11 bits per heavy atom. The average Bonchev–Trinajstić information content (AvgIpc) is 2.76. The van der Waals surface area contributed by atoms with Crippen LogP contribution in [0.4, 0.5) is 0 Å². The van der Waals surface area contributed by atoms with Crippen molar-refractivity contribution >= 4 is 11.3 Å². The Bertz CT molecular complexity index is 554. The van der Waals surface area contributed by atoms with E-state index in [0.29, 0.717) is 13.2 Å². The van der Waals surface area contributed by atoms with Crippen molar-refractivity contribution in [3.05, 3.63) is 28.8 Å². The zero-order valence-corrected chi connectivity index (χ0v) is 10.7. The molecule has 1 aromatic heterocycles. The van der Waals surface area contributed by atoms with Crippen LogP contribution >= 0.6 is 11.3 Å². The summed E-state index contributed by atoms with van der Waals surface area (Å²) in [4.78, 5) is 5.39. The smallest absolute Gasteiger partial charge is 0.158 e. The minimum Gasteiger partial charge on any atom is -0.504 e. The first-order valence-electron chi connectivity index (χ1n) is 5.35. The minimum atomic E-state index is -0.162. The number of aromatic nitrogens is 1. The summed E-state index contributed by atoms with van der Waals surface area (Å²) in [5.41, 5.74) is 7.21. The molecule has 0 aliphatic heterocycles. The molecule has 0 unspecified atom stereocenters. The standard InChI is InChI=1S/C12H14N2O3S/c1-17-6-8-11(5-13)18-12(14-8)7-2-3-9(15)10(16)4-7/h2-4,15-16H,5-6,13H2,1H3. The van der Waals surface area contributed by atoms with Crippen LogP contribution in [0.25, 0.3) is 10.6 Å². The van der Waals surface area contributed by atoms with Crippen molar-refractivity contribution in [3.63, 3.8) is 0 Å². The van der Waals surface area contributed by atoms with E-state index in [1.54, 1.807) is 13.2 Å². The maximum absolute atomic E-state index is 9.48. The molecule has 0 atom stereocenters. The Morgan fingerprint density at radius 1 is 1.33 bits per heavy atom. The average molecular weight is 266 g/mol. The zero-order chi connectivity index (χ0) is 13.1. The van der Waals surface area contributed by atoms with Gasteiger partial charge in [0.25, 0.3) is 0 Å². The van der Waals surface area contributed by atoms with Crippen molar-refractivity contribution in [2.75, 3.05) is 7.11 Å². The van der Waals surface area contributed by atoms with Crippen molar-refractivity contribution in [3.8, 4) is 22.1 Å². The summed E-state index contributed by atoms with van der Waals surface area (Å²) in [7, 11) is 1.60. The number of hydrogen-bond acceptors (Lipinski definition) is 6. The van der Waals surface area contributed by atoms with Gasteiger partial charge in [-0.05, 0) is 18.2 Å². The van der Waals surface area contributed by atoms with Gasteiger partial charge in [0.1, 0.15) is 5.01 Å². The molecule has 0 bridgehead atoms. The number of methoxy groups -OCH3 is 1. The first-order chi connectivity index (χ1) is 8.65. The second-order valence-corrected chi connectivity index (χ2v) is 4.81. The van der Waals surface area contributed by atoms with Crippen LogP contribution in [0.2, 0.25) is 0 Å². The molecule has 0 spiro atoms. The van der Waals surface area contributed by atoms with E-state index in [-0.39, 0.29) is 11.5 Å². The van der Waals surface area contributed by atoms with Gasteiger partial charge in [0, 0.05) is 24.1 Å². The quantitative estimate of drug-likeness (QED) is 0.735. The van der Waals surface area contributed by atoms with Crippen molar-refractivity contribution in [1.29, 1.82) is 0 Å². The zero-order valence-electron chi connectivity index (χ0n) is 9.88. The fourth-order valence-corrected chi connectivity index (χ4v) is 2.51. The number of phenolic OH excluding ortho intramolecular Hbond substituents is 2. The molecule has 0 amide bonds. The van der Waals surface area contributed by atoms with Crippen LogP contribution < -0.4 is 5.73 Å². The monoisotopic (exact) mass is 266 g/mol. The van der Waals surface area contributed by atoms with Crippen LogP contribution in [0.5, 0.6) is 11.5 Å². The molecule has 0 fully saturated rings. The van der Waals surface area contributed by atoms with Gasteiger partial charge in [0.05, 0.1) is 12.3 Å². The number of ether oxygens (including phenoxy) is 1. The summed E-state index contributed by atoms with van der Waals surface area (Å²) >= 11 is 1.46. The largest absolute Gasteiger partial charge is 0.504 e. The molecule has 96 valence electrons. The number of thiazole rings is 1. The molecule has 1 aromatic carbocycles. The van der Waals surface area contributed by atoms with E-state index in [1.165, 1.54) is 23.5 Å². The summed E-state index contributed by atoms with van der Waals surface area (Å²) in [5, 5.41) is 19.5. The Morgan fingerprint density at radius 3 is 2.72 bits per heavy atom. The van der Waals surface area contributed by atoms with E-state index in [1.807, 2.05) is 0 Å². The maximum atomic E-state index is 9.48. The molecule has 1 heterocycles. The summed E-state index contributed by atoms with van der Waals surface area (Å²) in [6.45, 7) is 0.813. The molecule has 6 heteroatoms. The summed E-state index contributed by atoms with van der Waals surface area (Å²) in [6.07, 6.45) is 0. The van der Waals surface area contributed by atoms with Crippen LogP contribution in [0.3, 0.4) is 0 Å². The summed E-state index contributed by atoms with van der Waals surface area (Å²) in [6, 6.07) is 4.61. The molecule has 0 saturated carbocycles. The Hall–Kier alpha value is -1.63. The second-order valence-electron chi connectivity index (χ2n) is 3.73. The van der Waals surface area contributed by atoms with E-state index in [4.69, 9.17) is 10.5 Å². The van der Waals surface area contributed by atoms with E-state index < -0.39 is 0 Å². The topological polar surface area (TPSA) is 88.6 Å². The number of aromatic hydroxyl groups is 2. The number of nitrogens with zero attached hydrogens (tertiary/aromatic N) is 1. The van der Waals surface area contributed by atoms with Crippen LogP contribution in [0, 0.1) is 0 Å². The lowest BCUT2D eigenvalue weighted by atomic mass is 10.2. The van der Waals surface area contributed by atoms with Gasteiger partial charge in [0.2, 0.25) is 0 Å². The van der Waals surface area contributed by atoms with Gasteiger partial charge >= 0.3 is 0 Å². The third-order valence-electron chi connectivity index (χ3n) is 2.47. The molecule has 0 saturated heterocycles. The van der Waals surface area contributed by atoms with Gasteiger partial charge in [-0.25, -0.2) is 4.98 Å². The van der Waals surface area contributed by atoms with E-state index in [2.05, 4.69) is 4.98 Å². The Balaban J connectivity index is 2.40. The van der Waals surface area contributed by atoms with Crippen molar-refractivity contribution in [2.24, 2.45) is 5.73 Å². The Labute approximate surface area is 108 Å². The van der Waals surface area contributed by atoms with Crippen LogP contribution in [0.15, 0.2) is 18.2 Å². The highest BCUT2D eigenvalue weighted by Gasteiger charge is 2.12. The molecule has 0 aliphatic rings. The molecule has 4 N–H and O–H groups in total. The second kappa shape index (κ2) is 5.34. The molecule has 0 aliphatic carbocycles. The van der Waals surface area contributed by atoms with Gasteiger partial charge < -0.3 is 20.7 Å². The highest BCUT2D eigenvalue weighted by molar-refractivity contribution is 7.15. The van der Waals surface area contributed by atoms with Gasteiger partial charge in [-0.1, -0.05) is 0 Å². The lowest BCUT2D eigenvalue weighted by Gasteiger charge is -1.99. The fraction of sp³-hybridized carbons (Fsp3) is 0.250. The predicted molar refractivity (Wildman–Crippen MR) is 69.5 cm³/mol. The van der Waals surface area contributed by atoms with Crippen LogP contribution in [-0.2, 0) is 17.9 Å².